The number of esters is 1. The molecule has 40 heavy (non-hydrogen) atoms. The van der Waals surface area contributed by atoms with Gasteiger partial charge in [0.25, 0.3) is 5.91 Å². The number of piperidine rings is 1. The Labute approximate surface area is 238 Å². The van der Waals surface area contributed by atoms with Crippen molar-refractivity contribution < 1.29 is 19.1 Å². The van der Waals surface area contributed by atoms with Gasteiger partial charge in [0.05, 0.1) is 19.2 Å². The first-order valence-electron chi connectivity index (χ1n) is 13.8. The van der Waals surface area contributed by atoms with E-state index >= 15 is 0 Å². The molecular weight excluding hydrogens is 521 g/mol. The largest absolute Gasteiger partial charge is 0.465 e. The Balaban J connectivity index is 1.48. The third kappa shape index (κ3) is 7.35. The van der Waals surface area contributed by atoms with Crippen LogP contribution in [0.3, 0.4) is 0 Å². The average molecular weight is 560 g/mol. The van der Waals surface area contributed by atoms with Gasteiger partial charge in [0, 0.05) is 36.0 Å². The number of likely N-dealkylation sites (tertiary alicyclic amines) is 1. The van der Waals surface area contributed by atoms with Crippen molar-refractivity contribution in [3.63, 3.8) is 0 Å². The third-order valence-corrected chi connectivity index (χ3v) is 9.85. The molecule has 1 aliphatic heterocycles. The van der Waals surface area contributed by atoms with Crippen LogP contribution in [0.5, 0.6) is 0 Å². The van der Waals surface area contributed by atoms with Crippen LogP contribution in [0.25, 0.3) is 0 Å². The fourth-order valence-corrected chi connectivity index (χ4v) is 7.68. The predicted octanol–water partition coefficient (Wildman–Crippen LogP) is 3.34. The number of nitrogens with one attached hydrogen (secondary N) is 2. The maximum atomic E-state index is 13.1. The van der Waals surface area contributed by atoms with E-state index in [1.807, 2.05) is 60.7 Å². The van der Waals surface area contributed by atoms with Crippen LogP contribution in [0.4, 0.5) is 0 Å². The summed E-state index contributed by atoms with van der Waals surface area (Å²) in [6, 6.07) is 25.9. The van der Waals surface area contributed by atoms with Crippen molar-refractivity contribution in [3.05, 3.63) is 90.0 Å². The molecule has 2 N–H and O–H groups in total. The molecule has 0 spiro atoms. The van der Waals surface area contributed by atoms with Gasteiger partial charge in [-0.3, -0.25) is 14.5 Å². The minimum Gasteiger partial charge on any atom is -0.465 e. The molecule has 1 heterocycles. The Bertz CT molecular complexity index is 1250. The van der Waals surface area contributed by atoms with Crippen molar-refractivity contribution in [2.45, 2.75) is 45.2 Å². The summed E-state index contributed by atoms with van der Waals surface area (Å²) in [5.74, 6) is -0.737. The molecule has 2 unspecified atom stereocenters. The second-order valence-electron chi connectivity index (χ2n) is 10.1. The number of hydrogen-bond donors (Lipinski definition) is 2. The molecule has 3 aromatic carbocycles. The molecule has 8 heteroatoms. The van der Waals surface area contributed by atoms with Crippen molar-refractivity contribution in [1.82, 2.24) is 15.5 Å². The molecule has 2 amide bonds. The first kappa shape index (κ1) is 29.4. The van der Waals surface area contributed by atoms with Gasteiger partial charge in [0.2, 0.25) is 5.91 Å². The number of hydrogen-bond acceptors (Lipinski definition) is 5. The molecule has 0 bridgehead atoms. The summed E-state index contributed by atoms with van der Waals surface area (Å²) >= 11 is 0. The number of rotatable bonds is 10. The predicted molar refractivity (Wildman–Crippen MR) is 161 cm³/mol. The second kappa shape index (κ2) is 14.2. The number of amides is 2. The molecule has 4 rings (SSSR count). The summed E-state index contributed by atoms with van der Waals surface area (Å²) in [5.41, 5.74) is 0.885. The van der Waals surface area contributed by atoms with E-state index in [1.165, 1.54) is 13.5 Å². The van der Waals surface area contributed by atoms with E-state index in [4.69, 9.17) is 4.74 Å². The first-order valence-corrected chi connectivity index (χ1v) is 15.2. The Morgan fingerprint density at radius 3 is 2.00 bits per heavy atom. The molecule has 2 atom stereocenters. The van der Waals surface area contributed by atoms with Gasteiger partial charge in [0.1, 0.15) is 0 Å². The molecule has 210 valence electrons. The number of carbonyl (C=O) groups excluding carboxylic acids is 3. The van der Waals surface area contributed by atoms with Crippen LogP contribution >= 0.6 is 7.92 Å². The highest BCUT2D eigenvalue weighted by molar-refractivity contribution is 7.80. The normalized spacial score (nSPS) is 17.3. The van der Waals surface area contributed by atoms with Crippen LogP contribution in [0, 0.1) is 0 Å². The molecule has 1 aliphatic rings. The lowest BCUT2D eigenvalue weighted by Gasteiger charge is -2.38. The molecule has 0 aromatic heterocycles. The maximum Gasteiger partial charge on any atom is 0.338 e. The minimum absolute atomic E-state index is 0.0315. The second-order valence-corrected chi connectivity index (χ2v) is 12.3. The summed E-state index contributed by atoms with van der Waals surface area (Å²) < 4.78 is 5.10. The van der Waals surface area contributed by atoms with Crippen molar-refractivity contribution in [2.24, 2.45) is 0 Å². The van der Waals surface area contributed by atoms with Gasteiger partial charge < -0.3 is 15.4 Å². The van der Waals surface area contributed by atoms with Gasteiger partial charge in [-0.25, -0.2) is 4.79 Å². The maximum absolute atomic E-state index is 13.1. The SMILES string of the molecule is COC(=O)c1ccc(C(=O)NCCNC(=O)CN2C(C)CCCC2C)cc1P(c1ccccc1)c1ccccc1. The smallest absolute Gasteiger partial charge is 0.338 e. The molecule has 3 aromatic rings. The third-order valence-electron chi connectivity index (χ3n) is 7.37. The molecule has 1 saturated heterocycles. The van der Waals surface area contributed by atoms with Crippen molar-refractivity contribution >= 4 is 41.6 Å². The van der Waals surface area contributed by atoms with Crippen LogP contribution in [0.1, 0.15) is 53.8 Å². The van der Waals surface area contributed by atoms with Crippen LogP contribution in [-0.4, -0.2) is 61.5 Å². The summed E-state index contributed by atoms with van der Waals surface area (Å²) in [7, 11) is 0.233. The first-order chi connectivity index (χ1) is 19.4. The lowest BCUT2D eigenvalue weighted by atomic mass is 9.97. The highest BCUT2D eigenvalue weighted by Crippen LogP contribution is 2.34. The number of benzene rings is 3. The Hall–Kier alpha value is -3.54. The highest BCUT2D eigenvalue weighted by Gasteiger charge is 2.27. The Kier molecular flexibility index (Phi) is 10.5. The highest BCUT2D eigenvalue weighted by atomic mass is 31.1. The fourth-order valence-electron chi connectivity index (χ4n) is 5.21. The minimum atomic E-state index is -1.13. The van der Waals surface area contributed by atoms with Gasteiger partial charge >= 0.3 is 5.97 Å². The van der Waals surface area contributed by atoms with Gasteiger partial charge in [-0.2, -0.15) is 0 Å². The summed E-state index contributed by atoms with van der Waals surface area (Å²) in [5, 5.41) is 8.71. The van der Waals surface area contributed by atoms with Gasteiger partial charge in [-0.1, -0.05) is 67.1 Å². The average Bonchev–Trinajstić information content (AvgIpc) is 2.98. The van der Waals surface area contributed by atoms with E-state index < -0.39 is 13.9 Å². The topological polar surface area (TPSA) is 87.7 Å². The van der Waals surface area contributed by atoms with E-state index in [9.17, 15) is 14.4 Å². The van der Waals surface area contributed by atoms with Crippen LogP contribution in [-0.2, 0) is 9.53 Å². The van der Waals surface area contributed by atoms with Gasteiger partial charge in [-0.05, 0) is 63.4 Å². The Morgan fingerprint density at radius 1 is 0.850 bits per heavy atom. The van der Waals surface area contributed by atoms with Gasteiger partial charge in [0.15, 0.2) is 0 Å². The monoisotopic (exact) mass is 559 g/mol. The van der Waals surface area contributed by atoms with E-state index in [0.717, 1.165) is 28.8 Å². The van der Waals surface area contributed by atoms with E-state index in [1.54, 1.807) is 18.2 Å². The standard InChI is InChI=1S/C32H38N3O4P/c1-23-11-10-12-24(2)35(23)22-30(36)33-19-20-34-31(37)25-17-18-28(32(38)39-3)29(21-25)40(26-13-6-4-7-14-26)27-15-8-5-9-16-27/h4-9,13-18,21,23-24H,10-12,19-20,22H2,1-3H3,(H,33,36)(H,34,37). The quantitative estimate of drug-likeness (QED) is 0.226. The molecule has 0 radical (unpaired) electrons. The summed E-state index contributed by atoms with van der Waals surface area (Å²) in [4.78, 5) is 40.7. The molecule has 0 saturated carbocycles. The van der Waals surface area contributed by atoms with Crippen LogP contribution in [0.15, 0.2) is 78.9 Å². The lowest BCUT2D eigenvalue weighted by molar-refractivity contribution is -0.123. The zero-order chi connectivity index (χ0) is 28.5. The summed E-state index contributed by atoms with van der Waals surface area (Å²) in [6.07, 6.45) is 3.43. The number of carbonyl (C=O) groups is 3. The van der Waals surface area contributed by atoms with Crippen molar-refractivity contribution in [2.75, 3.05) is 26.7 Å². The zero-order valence-corrected chi connectivity index (χ0v) is 24.3. The molecule has 7 nitrogen and oxygen atoms in total. The molecular formula is C32H38N3O4P. The number of nitrogens with zero attached hydrogens (tertiary/aromatic N) is 1. The number of methoxy groups -OCH3 is 1. The van der Waals surface area contributed by atoms with Crippen molar-refractivity contribution in [1.29, 1.82) is 0 Å². The summed E-state index contributed by atoms with van der Waals surface area (Å²) in [6.45, 7) is 5.36. The van der Waals surface area contributed by atoms with Gasteiger partial charge in [-0.15, -0.1) is 0 Å². The van der Waals surface area contributed by atoms with Crippen molar-refractivity contribution in [3.8, 4) is 0 Å². The Morgan fingerprint density at radius 2 is 1.43 bits per heavy atom. The lowest BCUT2D eigenvalue weighted by Crippen LogP contribution is -2.49. The van der Waals surface area contributed by atoms with E-state index in [2.05, 4.69) is 29.4 Å². The number of ether oxygens (including phenoxy) is 1. The zero-order valence-electron chi connectivity index (χ0n) is 23.4. The molecule has 1 fully saturated rings. The van der Waals surface area contributed by atoms with Crippen LogP contribution in [0.2, 0.25) is 0 Å². The fraction of sp³-hybridized carbons (Fsp3) is 0.344. The van der Waals surface area contributed by atoms with Crippen LogP contribution < -0.4 is 26.5 Å². The van der Waals surface area contributed by atoms with E-state index in [0.29, 0.717) is 42.8 Å². The van der Waals surface area contributed by atoms with E-state index in [-0.39, 0.29) is 11.8 Å². The molecule has 0 aliphatic carbocycles.